The van der Waals surface area contributed by atoms with Crippen molar-refractivity contribution in [3.63, 3.8) is 0 Å². The molecule has 168 valence electrons. The van der Waals surface area contributed by atoms with Crippen molar-refractivity contribution >= 4 is 21.6 Å². The molecule has 7 heteroatoms. The summed E-state index contributed by atoms with van der Waals surface area (Å²) in [6, 6.07) is 13.2. The fraction of sp³-hybridized carbons (Fsp3) is 0.458. The van der Waals surface area contributed by atoms with Crippen LogP contribution >= 0.6 is 0 Å². The fourth-order valence-electron chi connectivity index (χ4n) is 3.86. The first kappa shape index (κ1) is 23.1. The number of fused-ring (bicyclic) bond motifs is 1. The van der Waals surface area contributed by atoms with Crippen LogP contribution in [0.5, 0.6) is 5.75 Å². The second-order valence-corrected chi connectivity index (χ2v) is 10.2. The van der Waals surface area contributed by atoms with Gasteiger partial charge in [-0.3, -0.25) is 9.10 Å². The molecule has 0 radical (unpaired) electrons. The third-order valence-corrected chi connectivity index (χ3v) is 7.09. The largest absolute Gasteiger partial charge is 0.481 e. The molecule has 1 aliphatic rings. The van der Waals surface area contributed by atoms with Gasteiger partial charge in [-0.15, -0.1) is 0 Å². The van der Waals surface area contributed by atoms with E-state index in [2.05, 4.69) is 30.4 Å². The number of anilines is 1. The Morgan fingerprint density at radius 2 is 1.74 bits per heavy atom. The molecule has 0 unspecified atom stereocenters. The van der Waals surface area contributed by atoms with Crippen LogP contribution in [0.3, 0.4) is 0 Å². The lowest BCUT2D eigenvalue weighted by Gasteiger charge is -2.23. The van der Waals surface area contributed by atoms with Gasteiger partial charge in [-0.1, -0.05) is 25.1 Å². The number of nitrogens with one attached hydrogen (secondary N) is 1. The van der Waals surface area contributed by atoms with Gasteiger partial charge >= 0.3 is 0 Å². The topological polar surface area (TPSA) is 75.7 Å². The number of ether oxygens (including phenoxy) is 1. The zero-order valence-corrected chi connectivity index (χ0v) is 19.5. The van der Waals surface area contributed by atoms with Crippen molar-refractivity contribution in [2.45, 2.75) is 58.1 Å². The standard InChI is InChI=1S/C24H32N2O4S/c1-5-23(20-11-10-18-8-6-7-9-19(18)16-20)25-24(27)17(2)30-22-14-12-21(13-15-22)26(3)31(4,28)29/h10-17,23H,5-9H2,1-4H3,(H,25,27)/t17-,23+/m1/s1. The number of sulfonamides is 1. The normalized spacial score (nSPS) is 15.5. The van der Waals surface area contributed by atoms with Crippen molar-refractivity contribution in [1.82, 2.24) is 5.32 Å². The van der Waals surface area contributed by atoms with Gasteiger partial charge in [-0.25, -0.2) is 8.42 Å². The maximum atomic E-state index is 12.8. The molecule has 3 rings (SSSR count). The summed E-state index contributed by atoms with van der Waals surface area (Å²) in [5.74, 6) is 0.331. The monoisotopic (exact) mass is 444 g/mol. The van der Waals surface area contributed by atoms with Crippen LogP contribution in [0.4, 0.5) is 5.69 Å². The van der Waals surface area contributed by atoms with Gasteiger partial charge in [0.05, 0.1) is 18.0 Å². The van der Waals surface area contributed by atoms with Crippen LogP contribution in [0.25, 0.3) is 0 Å². The van der Waals surface area contributed by atoms with Gasteiger partial charge in [0, 0.05) is 7.05 Å². The first-order valence-electron chi connectivity index (χ1n) is 10.8. The Hall–Kier alpha value is -2.54. The zero-order valence-electron chi connectivity index (χ0n) is 18.7. The van der Waals surface area contributed by atoms with E-state index in [1.807, 2.05) is 0 Å². The summed E-state index contributed by atoms with van der Waals surface area (Å²) in [7, 11) is -1.83. The maximum Gasteiger partial charge on any atom is 0.261 e. The van der Waals surface area contributed by atoms with Crippen LogP contribution in [0.1, 0.15) is 55.8 Å². The minimum absolute atomic E-state index is 0.0587. The molecule has 0 saturated carbocycles. The minimum atomic E-state index is -3.33. The van der Waals surface area contributed by atoms with Crippen molar-refractivity contribution < 1.29 is 17.9 Å². The van der Waals surface area contributed by atoms with E-state index in [1.165, 1.54) is 35.3 Å². The summed E-state index contributed by atoms with van der Waals surface area (Å²) in [4.78, 5) is 12.8. The maximum absolute atomic E-state index is 12.8. The molecule has 2 aromatic rings. The Labute approximate surface area is 185 Å². The van der Waals surface area contributed by atoms with Gasteiger partial charge < -0.3 is 10.1 Å². The van der Waals surface area contributed by atoms with E-state index in [4.69, 9.17) is 4.74 Å². The average Bonchev–Trinajstić information content (AvgIpc) is 2.76. The number of carbonyl (C=O) groups excluding carboxylic acids is 1. The minimum Gasteiger partial charge on any atom is -0.481 e. The van der Waals surface area contributed by atoms with E-state index in [1.54, 1.807) is 31.2 Å². The van der Waals surface area contributed by atoms with Gasteiger partial charge in [0.25, 0.3) is 5.91 Å². The number of benzene rings is 2. The Balaban J connectivity index is 1.63. The van der Waals surface area contributed by atoms with E-state index in [9.17, 15) is 13.2 Å². The lowest BCUT2D eigenvalue weighted by molar-refractivity contribution is -0.128. The molecule has 31 heavy (non-hydrogen) atoms. The molecule has 0 heterocycles. The van der Waals surface area contributed by atoms with Crippen LogP contribution in [0, 0.1) is 0 Å². The molecule has 2 atom stereocenters. The Kier molecular flexibility index (Phi) is 7.26. The molecule has 1 N–H and O–H groups in total. The molecular weight excluding hydrogens is 412 g/mol. The molecule has 0 spiro atoms. The SMILES string of the molecule is CC[C@H](NC(=O)[C@@H](C)Oc1ccc(N(C)S(C)(=O)=O)cc1)c1ccc2c(c1)CCCC2. The number of nitrogens with zero attached hydrogens (tertiary/aromatic N) is 1. The van der Waals surface area contributed by atoms with Crippen molar-refractivity contribution in [3.05, 3.63) is 59.2 Å². The van der Waals surface area contributed by atoms with Gasteiger partial charge in [0.15, 0.2) is 6.10 Å². The molecule has 2 aromatic carbocycles. The van der Waals surface area contributed by atoms with Crippen molar-refractivity contribution in [3.8, 4) is 5.75 Å². The highest BCUT2D eigenvalue weighted by atomic mass is 32.2. The zero-order chi connectivity index (χ0) is 22.6. The summed E-state index contributed by atoms with van der Waals surface area (Å²) in [5, 5.41) is 3.11. The summed E-state index contributed by atoms with van der Waals surface area (Å²) in [6.07, 6.45) is 6.00. The smallest absolute Gasteiger partial charge is 0.261 e. The Morgan fingerprint density at radius 3 is 2.35 bits per heavy atom. The van der Waals surface area contributed by atoms with E-state index in [-0.39, 0.29) is 11.9 Å². The van der Waals surface area contributed by atoms with Gasteiger partial charge in [0.1, 0.15) is 5.75 Å². The first-order valence-corrected chi connectivity index (χ1v) is 12.7. The van der Waals surface area contributed by atoms with E-state index in [0.29, 0.717) is 11.4 Å². The number of amides is 1. The highest BCUT2D eigenvalue weighted by molar-refractivity contribution is 7.92. The fourth-order valence-corrected chi connectivity index (χ4v) is 4.37. The molecule has 0 saturated heterocycles. The third-order valence-electron chi connectivity index (χ3n) is 5.88. The van der Waals surface area contributed by atoms with Crippen molar-refractivity contribution in [1.29, 1.82) is 0 Å². The molecule has 0 fully saturated rings. The highest BCUT2D eigenvalue weighted by Gasteiger charge is 2.21. The molecule has 1 aliphatic carbocycles. The predicted octanol–water partition coefficient (Wildman–Crippen LogP) is 4.00. The van der Waals surface area contributed by atoms with E-state index >= 15 is 0 Å². The number of carbonyl (C=O) groups is 1. The van der Waals surface area contributed by atoms with Crippen LogP contribution < -0.4 is 14.4 Å². The van der Waals surface area contributed by atoms with E-state index < -0.39 is 16.1 Å². The van der Waals surface area contributed by atoms with Gasteiger partial charge in [-0.2, -0.15) is 0 Å². The third kappa shape index (κ3) is 5.79. The summed E-state index contributed by atoms with van der Waals surface area (Å²) < 4.78 is 30.3. The summed E-state index contributed by atoms with van der Waals surface area (Å²) >= 11 is 0. The second kappa shape index (κ2) is 9.73. The molecule has 1 amide bonds. The molecule has 0 aliphatic heterocycles. The molecule has 0 aromatic heterocycles. The number of aryl methyl sites for hydroxylation is 2. The number of hydrogen-bond donors (Lipinski definition) is 1. The quantitative estimate of drug-likeness (QED) is 0.668. The summed E-state index contributed by atoms with van der Waals surface area (Å²) in [6.45, 7) is 3.78. The average molecular weight is 445 g/mol. The van der Waals surface area contributed by atoms with Crippen LogP contribution in [-0.4, -0.2) is 33.7 Å². The first-order chi connectivity index (χ1) is 14.7. The lowest BCUT2D eigenvalue weighted by Crippen LogP contribution is -2.38. The Bertz CT molecular complexity index is 1020. The number of hydrogen-bond acceptors (Lipinski definition) is 4. The van der Waals surface area contributed by atoms with Crippen LogP contribution in [0.2, 0.25) is 0 Å². The second-order valence-electron chi connectivity index (χ2n) is 8.19. The number of rotatable bonds is 8. The van der Waals surface area contributed by atoms with Crippen molar-refractivity contribution in [2.75, 3.05) is 17.6 Å². The highest BCUT2D eigenvalue weighted by Crippen LogP contribution is 2.26. The van der Waals surface area contributed by atoms with Crippen LogP contribution in [-0.2, 0) is 27.7 Å². The predicted molar refractivity (Wildman–Crippen MR) is 124 cm³/mol. The summed E-state index contributed by atoms with van der Waals surface area (Å²) in [5.41, 5.74) is 4.50. The molecular formula is C24H32N2O4S. The Morgan fingerprint density at radius 1 is 1.10 bits per heavy atom. The van der Waals surface area contributed by atoms with Crippen LogP contribution in [0.15, 0.2) is 42.5 Å². The molecule has 0 bridgehead atoms. The van der Waals surface area contributed by atoms with Gasteiger partial charge in [0.2, 0.25) is 10.0 Å². The van der Waals surface area contributed by atoms with Crippen molar-refractivity contribution in [2.24, 2.45) is 0 Å². The van der Waals surface area contributed by atoms with E-state index in [0.717, 1.165) is 31.1 Å². The van der Waals surface area contributed by atoms with Gasteiger partial charge in [-0.05, 0) is 80.0 Å². The lowest BCUT2D eigenvalue weighted by atomic mass is 9.89. The molecule has 6 nitrogen and oxygen atoms in total.